The molecule has 4 N–H and O–H groups in total. The van der Waals surface area contributed by atoms with Crippen molar-refractivity contribution in [3.05, 3.63) is 29.6 Å². The van der Waals surface area contributed by atoms with Crippen molar-refractivity contribution in [2.45, 2.75) is 25.7 Å². The number of aromatic nitrogens is 1. The van der Waals surface area contributed by atoms with Gasteiger partial charge >= 0.3 is 23.9 Å². The largest absolute Gasteiger partial charge is 0.481 e. The number of carboxylic acid groups (broad SMARTS) is 4. The van der Waals surface area contributed by atoms with Crippen molar-refractivity contribution in [2.24, 2.45) is 0 Å². The summed E-state index contributed by atoms with van der Waals surface area (Å²) < 4.78 is 0. The Labute approximate surface area is 124 Å². The van der Waals surface area contributed by atoms with Gasteiger partial charge in [0, 0.05) is 19.0 Å². The Hall–Kier alpha value is -2.97. The maximum Gasteiger partial charge on any atom is 0.354 e. The summed E-state index contributed by atoms with van der Waals surface area (Å²) in [4.78, 5) is 43.9. The number of aromatic carboxylic acids is 2. The molecule has 1 rings (SSSR count). The molecule has 0 fully saturated rings. The molecule has 0 aromatic carbocycles. The van der Waals surface area contributed by atoms with Gasteiger partial charge < -0.3 is 20.4 Å². The van der Waals surface area contributed by atoms with Crippen molar-refractivity contribution in [3.8, 4) is 0 Å². The highest BCUT2D eigenvalue weighted by atomic mass is 16.4. The number of hydrogen-bond acceptors (Lipinski definition) is 5. The zero-order valence-corrected chi connectivity index (χ0v) is 11.4. The standard InChI is InChI=1S/C7H5NO4.C6H10O4/c9-6(10)4-1-2-8-5(3-4)7(11)12;7-5(8)3-1-2-4-6(9)10/h1-3H,(H,9,10)(H,11,12);1-4H2,(H,7,8)(H,9,10). The van der Waals surface area contributed by atoms with Gasteiger partial charge in [0.25, 0.3) is 0 Å². The first-order valence-electron chi connectivity index (χ1n) is 6.10. The highest BCUT2D eigenvalue weighted by molar-refractivity contribution is 5.92. The maximum atomic E-state index is 10.4. The van der Waals surface area contributed by atoms with Gasteiger partial charge in [-0.25, -0.2) is 14.6 Å². The first-order chi connectivity index (χ1) is 10.2. The topological polar surface area (TPSA) is 162 Å². The van der Waals surface area contributed by atoms with Gasteiger partial charge in [0.1, 0.15) is 5.69 Å². The third kappa shape index (κ3) is 9.02. The molecule has 0 atom stereocenters. The lowest BCUT2D eigenvalue weighted by atomic mass is 10.2. The number of carbonyl (C=O) groups is 4. The van der Waals surface area contributed by atoms with Gasteiger partial charge in [-0.05, 0) is 25.0 Å². The monoisotopic (exact) mass is 313 g/mol. The minimum Gasteiger partial charge on any atom is -0.481 e. The van der Waals surface area contributed by atoms with Crippen LogP contribution in [0.25, 0.3) is 0 Å². The van der Waals surface area contributed by atoms with Crippen LogP contribution in [-0.2, 0) is 9.59 Å². The first kappa shape index (κ1) is 19.0. The van der Waals surface area contributed by atoms with Crippen LogP contribution in [0.4, 0.5) is 0 Å². The fourth-order valence-electron chi connectivity index (χ4n) is 1.23. The predicted octanol–water partition coefficient (Wildman–Crippen LogP) is 1.19. The fourth-order valence-corrected chi connectivity index (χ4v) is 1.23. The second kappa shape index (κ2) is 9.86. The fraction of sp³-hybridized carbons (Fsp3) is 0.308. The quantitative estimate of drug-likeness (QED) is 0.541. The minimum absolute atomic E-state index is 0.0628. The van der Waals surface area contributed by atoms with Gasteiger partial charge in [-0.1, -0.05) is 0 Å². The smallest absolute Gasteiger partial charge is 0.354 e. The second-order valence-electron chi connectivity index (χ2n) is 4.03. The maximum absolute atomic E-state index is 10.4. The Morgan fingerprint density at radius 3 is 1.73 bits per heavy atom. The molecule has 0 spiro atoms. The van der Waals surface area contributed by atoms with Gasteiger partial charge in [0.05, 0.1) is 5.56 Å². The molecule has 1 heterocycles. The third-order valence-corrected chi connectivity index (χ3v) is 2.26. The van der Waals surface area contributed by atoms with Gasteiger partial charge in [-0.2, -0.15) is 0 Å². The molecular weight excluding hydrogens is 298 g/mol. The number of pyridine rings is 1. The van der Waals surface area contributed by atoms with Crippen molar-refractivity contribution in [1.29, 1.82) is 0 Å². The molecule has 1 aromatic heterocycles. The molecule has 1 aromatic rings. The molecule has 0 saturated heterocycles. The summed E-state index contributed by atoms with van der Waals surface area (Å²) >= 11 is 0. The van der Waals surface area contributed by atoms with Crippen LogP contribution < -0.4 is 0 Å². The lowest BCUT2D eigenvalue weighted by Crippen LogP contribution is -2.03. The van der Waals surface area contributed by atoms with Crippen molar-refractivity contribution in [3.63, 3.8) is 0 Å². The molecule has 22 heavy (non-hydrogen) atoms. The van der Waals surface area contributed by atoms with Gasteiger partial charge in [-0.3, -0.25) is 9.59 Å². The van der Waals surface area contributed by atoms with Crippen LogP contribution in [0, 0.1) is 0 Å². The number of unbranched alkanes of at least 4 members (excludes halogenated alkanes) is 1. The van der Waals surface area contributed by atoms with Crippen LogP contribution in [0.3, 0.4) is 0 Å². The molecule has 0 aliphatic carbocycles. The van der Waals surface area contributed by atoms with E-state index in [9.17, 15) is 19.2 Å². The lowest BCUT2D eigenvalue weighted by Gasteiger charge is -1.94. The van der Waals surface area contributed by atoms with Crippen LogP contribution in [0.5, 0.6) is 0 Å². The van der Waals surface area contributed by atoms with E-state index in [1.807, 2.05) is 0 Å². The van der Waals surface area contributed by atoms with E-state index in [-0.39, 0.29) is 24.1 Å². The Morgan fingerprint density at radius 2 is 1.36 bits per heavy atom. The predicted molar refractivity (Wildman–Crippen MR) is 71.9 cm³/mol. The van der Waals surface area contributed by atoms with E-state index < -0.39 is 23.9 Å². The highest BCUT2D eigenvalue weighted by Crippen LogP contribution is 2.01. The SMILES string of the molecule is O=C(O)CCCCC(=O)O.O=C(O)c1ccnc(C(=O)O)c1. The molecular formula is C13H15NO8. The Morgan fingerprint density at radius 1 is 0.864 bits per heavy atom. The summed E-state index contributed by atoms with van der Waals surface area (Å²) in [5.41, 5.74) is -0.350. The van der Waals surface area contributed by atoms with E-state index in [0.29, 0.717) is 12.8 Å². The van der Waals surface area contributed by atoms with Crippen molar-refractivity contribution in [2.75, 3.05) is 0 Å². The van der Waals surface area contributed by atoms with Crippen molar-refractivity contribution < 1.29 is 39.6 Å². The van der Waals surface area contributed by atoms with Crippen LogP contribution in [0.2, 0.25) is 0 Å². The molecule has 0 amide bonds. The van der Waals surface area contributed by atoms with Crippen LogP contribution in [0.15, 0.2) is 18.3 Å². The van der Waals surface area contributed by atoms with Crippen molar-refractivity contribution >= 4 is 23.9 Å². The number of aliphatic carboxylic acids is 2. The number of rotatable bonds is 7. The molecule has 0 bridgehead atoms. The van der Waals surface area contributed by atoms with E-state index in [4.69, 9.17) is 20.4 Å². The Balaban J connectivity index is 0.000000409. The molecule has 0 unspecified atom stereocenters. The molecule has 120 valence electrons. The number of carboxylic acids is 4. The zero-order valence-electron chi connectivity index (χ0n) is 11.4. The van der Waals surface area contributed by atoms with E-state index in [1.165, 1.54) is 6.07 Å². The summed E-state index contributed by atoms with van der Waals surface area (Å²) in [6.07, 6.45) is 2.16. The second-order valence-corrected chi connectivity index (χ2v) is 4.03. The Bertz CT molecular complexity index is 509. The normalized spacial score (nSPS) is 9.27. The summed E-state index contributed by atoms with van der Waals surface area (Å²) in [6.45, 7) is 0. The Kier molecular flexibility index (Phi) is 8.53. The summed E-state index contributed by atoms with van der Waals surface area (Å²) in [6, 6.07) is 2.24. The molecule has 0 saturated carbocycles. The van der Waals surface area contributed by atoms with E-state index in [0.717, 1.165) is 12.3 Å². The van der Waals surface area contributed by atoms with Crippen LogP contribution >= 0.6 is 0 Å². The summed E-state index contributed by atoms with van der Waals surface area (Å²) in [7, 11) is 0. The molecule has 0 aliphatic heterocycles. The number of hydrogen-bond donors (Lipinski definition) is 4. The summed E-state index contributed by atoms with van der Waals surface area (Å²) in [5.74, 6) is -4.14. The van der Waals surface area contributed by atoms with Crippen LogP contribution in [-0.4, -0.2) is 49.3 Å². The van der Waals surface area contributed by atoms with Gasteiger partial charge in [0.15, 0.2) is 0 Å². The van der Waals surface area contributed by atoms with E-state index >= 15 is 0 Å². The average molecular weight is 313 g/mol. The van der Waals surface area contributed by atoms with E-state index in [1.54, 1.807) is 0 Å². The minimum atomic E-state index is -1.24. The molecule has 0 aliphatic rings. The lowest BCUT2D eigenvalue weighted by molar-refractivity contribution is -0.139. The van der Waals surface area contributed by atoms with Gasteiger partial charge in [-0.15, -0.1) is 0 Å². The molecule has 9 nitrogen and oxygen atoms in total. The first-order valence-corrected chi connectivity index (χ1v) is 6.10. The average Bonchev–Trinajstić information content (AvgIpc) is 2.44. The highest BCUT2D eigenvalue weighted by Gasteiger charge is 2.08. The number of nitrogens with zero attached hydrogens (tertiary/aromatic N) is 1. The third-order valence-electron chi connectivity index (χ3n) is 2.26. The molecule has 9 heteroatoms. The van der Waals surface area contributed by atoms with E-state index in [2.05, 4.69) is 4.98 Å². The zero-order chi connectivity index (χ0) is 17.1. The summed E-state index contributed by atoms with van der Waals surface area (Å²) in [5, 5.41) is 33.2. The molecule has 0 radical (unpaired) electrons. The van der Waals surface area contributed by atoms with Gasteiger partial charge in [0.2, 0.25) is 0 Å². The van der Waals surface area contributed by atoms with Crippen LogP contribution in [0.1, 0.15) is 46.5 Å². The van der Waals surface area contributed by atoms with Crippen molar-refractivity contribution in [1.82, 2.24) is 4.98 Å².